The molecule has 4 nitrogen and oxygen atoms in total. The summed E-state index contributed by atoms with van der Waals surface area (Å²) in [6.07, 6.45) is 1.63. The van der Waals surface area contributed by atoms with Gasteiger partial charge in [0, 0.05) is 16.6 Å². The summed E-state index contributed by atoms with van der Waals surface area (Å²) in [5, 5.41) is 3.78. The number of hydrogen-bond acceptors (Lipinski definition) is 4. The lowest BCUT2D eigenvalue weighted by molar-refractivity contribution is 0.102. The van der Waals surface area contributed by atoms with E-state index in [0.29, 0.717) is 10.8 Å². The molecule has 0 saturated heterocycles. The number of aromatic nitrogens is 2. The molecule has 0 atom stereocenters. The number of hydrogen-bond donors (Lipinski definition) is 1. The van der Waals surface area contributed by atoms with Crippen LogP contribution >= 0.6 is 11.3 Å². The first-order valence-corrected chi connectivity index (χ1v) is 6.63. The molecule has 19 heavy (non-hydrogen) atoms. The molecule has 1 N–H and O–H groups in total. The van der Waals surface area contributed by atoms with E-state index in [1.165, 1.54) is 11.3 Å². The molecule has 0 aliphatic carbocycles. The van der Waals surface area contributed by atoms with Gasteiger partial charge in [0.2, 0.25) is 5.95 Å². The summed E-state index contributed by atoms with van der Waals surface area (Å²) in [5.41, 5.74) is 0.821. The number of fused-ring (bicyclic) bond motifs is 1. The zero-order chi connectivity index (χ0) is 13.2. The Morgan fingerprint density at radius 3 is 2.89 bits per heavy atom. The van der Waals surface area contributed by atoms with Crippen molar-refractivity contribution in [1.82, 2.24) is 9.97 Å². The molecule has 0 unspecified atom stereocenters. The highest BCUT2D eigenvalue weighted by Gasteiger charge is 2.11. The molecule has 0 saturated carbocycles. The van der Waals surface area contributed by atoms with E-state index in [4.69, 9.17) is 0 Å². The summed E-state index contributed by atoms with van der Waals surface area (Å²) in [5.74, 6) is 0.161. The number of thiophene rings is 1. The van der Waals surface area contributed by atoms with E-state index in [1.54, 1.807) is 12.3 Å². The maximum absolute atomic E-state index is 12.1. The maximum Gasteiger partial charge on any atom is 0.268 e. The predicted octanol–water partition coefficient (Wildman–Crippen LogP) is 3.25. The second-order valence-electron chi connectivity index (χ2n) is 4.12. The first-order chi connectivity index (χ1) is 9.22. The van der Waals surface area contributed by atoms with Crippen LogP contribution in [0, 0.1) is 6.92 Å². The number of carbonyl (C=O) groups is 1. The average Bonchev–Trinajstić information content (AvgIpc) is 2.82. The number of anilines is 1. The van der Waals surface area contributed by atoms with Crippen molar-refractivity contribution in [1.29, 1.82) is 0 Å². The Morgan fingerprint density at radius 2 is 2.11 bits per heavy atom. The van der Waals surface area contributed by atoms with Gasteiger partial charge < -0.3 is 0 Å². The minimum absolute atomic E-state index is 0.174. The molecule has 0 aliphatic heterocycles. The number of amides is 1. The third-order valence-corrected chi connectivity index (χ3v) is 3.78. The van der Waals surface area contributed by atoms with Gasteiger partial charge in [-0.05, 0) is 30.5 Å². The van der Waals surface area contributed by atoms with Crippen molar-refractivity contribution in [2.45, 2.75) is 6.92 Å². The van der Waals surface area contributed by atoms with Crippen molar-refractivity contribution in [3.8, 4) is 0 Å². The Kier molecular flexibility index (Phi) is 2.97. The third-order valence-electron chi connectivity index (χ3n) is 2.67. The minimum Gasteiger partial charge on any atom is -0.290 e. The SMILES string of the molecule is Cc1ccnc(NC(=O)c2cc3ccccc3s2)n1. The molecule has 3 rings (SSSR count). The van der Waals surface area contributed by atoms with Crippen molar-refractivity contribution in [2.75, 3.05) is 5.32 Å². The molecule has 0 spiro atoms. The standard InChI is InChI=1S/C14H11N3OS/c1-9-6-7-15-14(16-9)17-13(18)12-8-10-4-2-3-5-11(10)19-12/h2-8H,1H3,(H,15,16,17,18). The summed E-state index contributed by atoms with van der Waals surface area (Å²) in [7, 11) is 0. The van der Waals surface area contributed by atoms with Crippen LogP contribution in [-0.2, 0) is 0 Å². The van der Waals surface area contributed by atoms with Crippen LogP contribution in [0.4, 0.5) is 5.95 Å². The largest absolute Gasteiger partial charge is 0.290 e. The monoisotopic (exact) mass is 269 g/mol. The van der Waals surface area contributed by atoms with Gasteiger partial charge in [-0.25, -0.2) is 9.97 Å². The number of nitrogens with zero attached hydrogens (tertiary/aromatic N) is 2. The molecule has 3 aromatic rings. The van der Waals surface area contributed by atoms with Gasteiger partial charge in [0.25, 0.3) is 5.91 Å². The second kappa shape index (κ2) is 4.78. The van der Waals surface area contributed by atoms with Gasteiger partial charge >= 0.3 is 0 Å². The quantitative estimate of drug-likeness (QED) is 0.777. The lowest BCUT2D eigenvalue weighted by Crippen LogP contribution is -2.12. The van der Waals surface area contributed by atoms with Crippen LogP contribution in [-0.4, -0.2) is 15.9 Å². The van der Waals surface area contributed by atoms with Gasteiger partial charge in [-0.3, -0.25) is 10.1 Å². The molecule has 1 amide bonds. The Bertz CT molecular complexity index is 718. The van der Waals surface area contributed by atoms with Crippen molar-refractivity contribution in [3.05, 3.63) is 53.2 Å². The predicted molar refractivity (Wildman–Crippen MR) is 76.5 cm³/mol. The molecule has 5 heteroatoms. The van der Waals surface area contributed by atoms with Crippen LogP contribution in [0.15, 0.2) is 42.6 Å². The van der Waals surface area contributed by atoms with Crippen LogP contribution in [0.1, 0.15) is 15.4 Å². The van der Waals surface area contributed by atoms with E-state index in [0.717, 1.165) is 15.8 Å². The normalized spacial score (nSPS) is 10.6. The topological polar surface area (TPSA) is 54.9 Å². The molecular formula is C14H11N3OS. The van der Waals surface area contributed by atoms with E-state index >= 15 is 0 Å². The zero-order valence-corrected chi connectivity index (χ0v) is 11.1. The molecule has 1 aromatic carbocycles. The lowest BCUT2D eigenvalue weighted by atomic mass is 10.2. The van der Waals surface area contributed by atoms with Gasteiger partial charge in [-0.15, -0.1) is 11.3 Å². The number of nitrogens with one attached hydrogen (secondary N) is 1. The van der Waals surface area contributed by atoms with E-state index in [9.17, 15) is 4.79 Å². The van der Waals surface area contributed by atoms with Gasteiger partial charge in [0.1, 0.15) is 0 Å². The third kappa shape index (κ3) is 2.46. The summed E-state index contributed by atoms with van der Waals surface area (Å²) in [4.78, 5) is 20.9. The first-order valence-electron chi connectivity index (χ1n) is 5.82. The fourth-order valence-corrected chi connectivity index (χ4v) is 2.72. The zero-order valence-electron chi connectivity index (χ0n) is 10.3. The Labute approximate surface area is 114 Å². The van der Waals surface area contributed by atoms with Crippen LogP contribution in [0.25, 0.3) is 10.1 Å². The average molecular weight is 269 g/mol. The van der Waals surface area contributed by atoms with Crippen LogP contribution in [0.2, 0.25) is 0 Å². The number of rotatable bonds is 2. The maximum atomic E-state index is 12.1. The number of benzene rings is 1. The van der Waals surface area contributed by atoms with Crippen LogP contribution in [0.3, 0.4) is 0 Å². The molecular weight excluding hydrogens is 258 g/mol. The van der Waals surface area contributed by atoms with Gasteiger partial charge in [0.05, 0.1) is 4.88 Å². The first kappa shape index (κ1) is 11.8. The Morgan fingerprint density at radius 1 is 1.26 bits per heavy atom. The van der Waals surface area contributed by atoms with E-state index in [1.807, 2.05) is 37.3 Å². The van der Waals surface area contributed by atoms with Crippen molar-refractivity contribution < 1.29 is 4.79 Å². The highest BCUT2D eigenvalue weighted by molar-refractivity contribution is 7.20. The van der Waals surface area contributed by atoms with E-state index in [-0.39, 0.29) is 5.91 Å². The van der Waals surface area contributed by atoms with Gasteiger partial charge in [-0.1, -0.05) is 18.2 Å². The summed E-state index contributed by atoms with van der Waals surface area (Å²) in [6, 6.07) is 11.6. The van der Waals surface area contributed by atoms with E-state index in [2.05, 4.69) is 15.3 Å². The highest BCUT2D eigenvalue weighted by Crippen LogP contribution is 2.25. The molecule has 0 aliphatic rings. The molecule has 2 aromatic heterocycles. The second-order valence-corrected chi connectivity index (χ2v) is 5.21. The molecule has 0 radical (unpaired) electrons. The Hall–Kier alpha value is -2.27. The van der Waals surface area contributed by atoms with Gasteiger partial charge in [0.15, 0.2) is 0 Å². The van der Waals surface area contributed by atoms with Crippen LogP contribution in [0.5, 0.6) is 0 Å². The highest BCUT2D eigenvalue weighted by atomic mass is 32.1. The molecule has 94 valence electrons. The van der Waals surface area contributed by atoms with Crippen LogP contribution < -0.4 is 5.32 Å². The smallest absolute Gasteiger partial charge is 0.268 e. The fourth-order valence-electron chi connectivity index (χ4n) is 1.77. The van der Waals surface area contributed by atoms with Crippen molar-refractivity contribution >= 4 is 33.3 Å². The van der Waals surface area contributed by atoms with Crippen molar-refractivity contribution in [2.24, 2.45) is 0 Å². The number of carbonyl (C=O) groups excluding carboxylic acids is 1. The lowest BCUT2D eigenvalue weighted by Gasteiger charge is -2.01. The fraction of sp³-hybridized carbons (Fsp3) is 0.0714. The van der Waals surface area contributed by atoms with Crippen molar-refractivity contribution in [3.63, 3.8) is 0 Å². The summed E-state index contributed by atoms with van der Waals surface area (Å²) >= 11 is 1.46. The minimum atomic E-state index is -0.174. The Balaban J connectivity index is 1.87. The number of aryl methyl sites for hydroxylation is 1. The molecule has 0 fully saturated rings. The summed E-state index contributed by atoms with van der Waals surface area (Å²) < 4.78 is 1.10. The van der Waals surface area contributed by atoms with Gasteiger partial charge in [-0.2, -0.15) is 0 Å². The molecule has 0 bridgehead atoms. The molecule has 2 heterocycles. The van der Waals surface area contributed by atoms with E-state index < -0.39 is 0 Å². The summed E-state index contributed by atoms with van der Waals surface area (Å²) in [6.45, 7) is 1.86.